The molecule has 0 unspecified atom stereocenters. The normalized spacial score (nSPS) is 11.5. The van der Waals surface area contributed by atoms with E-state index in [1.807, 2.05) is 12.1 Å². The highest BCUT2D eigenvalue weighted by Gasteiger charge is 2.29. The molecule has 0 aliphatic rings. The second-order valence-corrected chi connectivity index (χ2v) is 8.13. The fraction of sp³-hybridized carbons (Fsp3) is 0.0556. The average molecular weight is 410 g/mol. The molecule has 0 aliphatic heterocycles. The lowest BCUT2D eigenvalue weighted by Gasteiger charge is -2.24. The third-order valence-corrected chi connectivity index (χ3v) is 6.35. The van der Waals surface area contributed by atoms with E-state index >= 15 is 0 Å². The van der Waals surface area contributed by atoms with Crippen molar-refractivity contribution in [3.05, 3.63) is 70.7 Å². The molecule has 0 saturated heterocycles. The number of fused-ring (bicyclic) bond motifs is 1. The summed E-state index contributed by atoms with van der Waals surface area (Å²) in [5.74, 6) is -1.31. The molecule has 0 radical (unpaired) electrons. The summed E-state index contributed by atoms with van der Waals surface area (Å²) >= 11 is 12.1. The predicted molar refractivity (Wildman–Crippen MR) is 103 cm³/mol. The van der Waals surface area contributed by atoms with Gasteiger partial charge in [-0.2, -0.15) is 0 Å². The number of hydrogen-bond donors (Lipinski definition) is 1. The van der Waals surface area contributed by atoms with Crippen molar-refractivity contribution in [1.29, 1.82) is 0 Å². The van der Waals surface area contributed by atoms with Crippen molar-refractivity contribution in [2.75, 3.05) is 10.8 Å². The van der Waals surface area contributed by atoms with E-state index in [-0.39, 0.29) is 20.6 Å². The van der Waals surface area contributed by atoms with Gasteiger partial charge in [-0.1, -0.05) is 59.6 Å². The minimum absolute atomic E-state index is 0.00900. The van der Waals surface area contributed by atoms with Crippen LogP contribution in [0.25, 0.3) is 10.8 Å². The van der Waals surface area contributed by atoms with Gasteiger partial charge in [0, 0.05) is 0 Å². The highest BCUT2D eigenvalue weighted by Crippen LogP contribution is 2.35. The highest BCUT2D eigenvalue weighted by molar-refractivity contribution is 7.92. The van der Waals surface area contributed by atoms with Gasteiger partial charge < -0.3 is 5.11 Å². The fourth-order valence-electron chi connectivity index (χ4n) is 2.56. The maximum Gasteiger partial charge on any atom is 0.324 e. The van der Waals surface area contributed by atoms with Crippen molar-refractivity contribution in [2.45, 2.75) is 4.90 Å². The fourth-order valence-corrected chi connectivity index (χ4v) is 4.47. The van der Waals surface area contributed by atoms with Crippen LogP contribution in [0.2, 0.25) is 10.0 Å². The number of sulfonamides is 1. The molecule has 0 spiro atoms. The van der Waals surface area contributed by atoms with Gasteiger partial charge in [-0.15, -0.1) is 0 Å². The molecule has 0 aliphatic carbocycles. The van der Waals surface area contributed by atoms with E-state index in [1.165, 1.54) is 30.3 Å². The van der Waals surface area contributed by atoms with Crippen molar-refractivity contribution < 1.29 is 18.3 Å². The number of benzene rings is 3. The van der Waals surface area contributed by atoms with Crippen LogP contribution in [0.15, 0.2) is 65.6 Å². The van der Waals surface area contributed by atoms with Crippen molar-refractivity contribution in [3.63, 3.8) is 0 Å². The lowest BCUT2D eigenvalue weighted by molar-refractivity contribution is -0.135. The standard InChI is InChI=1S/C18H13Cl2NO4S/c19-15-6-3-7-16(18(15)20)21(11-17(22)23)26(24,25)14-9-8-12-4-1-2-5-13(12)10-14/h1-10H,11H2,(H,22,23). The van der Waals surface area contributed by atoms with Crippen molar-refractivity contribution >= 4 is 55.7 Å². The molecule has 0 bridgehead atoms. The first-order valence-corrected chi connectivity index (χ1v) is 9.67. The van der Waals surface area contributed by atoms with Crippen molar-refractivity contribution in [3.8, 4) is 0 Å². The molecule has 3 aromatic rings. The van der Waals surface area contributed by atoms with E-state index in [2.05, 4.69) is 0 Å². The Morgan fingerprint density at radius 3 is 2.35 bits per heavy atom. The molecule has 0 saturated carbocycles. The average Bonchev–Trinajstić information content (AvgIpc) is 2.61. The zero-order valence-electron chi connectivity index (χ0n) is 13.3. The summed E-state index contributed by atoms with van der Waals surface area (Å²) < 4.78 is 27.0. The molecule has 5 nitrogen and oxygen atoms in total. The minimum atomic E-state index is -4.17. The second-order valence-electron chi connectivity index (χ2n) is 5.49. The van der Waals surface area contributed by atoms with Gasteiger partial charge in [0.25, 0.3) is 10.0 Å². The summed E-state index contributed by atoms with van der Waals surface area (Å²) in [6, 6.07) is 16.3. The van der Waals surface area contributed by atoms with E-state index in [0.29, 0.717) is 0 Å². The van der Waals surface area contributed by atoms with E-state index < -0.39 is 22.5 Å². The molecule has 0 aromatic heterocycles. The van der Waals surface area contributed by atoms with Gasteiger partial charge in [-0.05, 0) is 35.0 Å². The smallest absolute Gasteiger partial charge is 0.324 e. The number of halogens is 2. The molecule has 0 atom stereocenters. The Morgan fingerprint density at radius 2 is 1.65 bits per heavy atom. The van der Waals surface area contributed by atoms with Gasteiger partial charge in [-0.25, -0.2) is 8.42 Å². The number of anilines is 1. The number of carbonyl (C=O) groups is 1. The molecule has 134 valence electrons. The summed E-state index contributed by atoms with van der Waals surface area (Å²) in [5.41, 5.74) is 0.00900. The first kappa shape index (κ1) is 18.5. The van der Waals surface area contributed by atoms with E-state index in [0.717, 1.165) is 15.1 Å². The van der Waals surface area contributed by atoms with Crippen LogP contribution in [-0.2, 0) is 14.8 Å². The lowest BCUT2D eigenvalue weighted by atomic mass is 10.1. The quantitative estimate of drug-likeness (QED) is 0.676. The van der Waals surface area contributed by atoms with Gasteiger partial charge >= 0.3 is 5.97 Å². The summed E-state index contributed by atoms with van der Waals surface area (Å²) in [4.78, 5) is 11.3. The van der Waals surface area contributed by atoms with Crippen LogP contribution in [0.5, 0.6) is 0 Å². The number of aliphatic carboxylic acids is 1. The first-order valence-electron chi connectivity index (χ1n) is 7.48. The summed E-state index contributed by atoms with van der Waals surface area (Å²) in [7, 11) is -4.17. The molecular formula is C18H13Cl2NO4S. The molecular weight excluding hydrogens is 397 g/mol. The number of rotatable bonds is 5. The monoisotopic (exact) mass is 409 g/mol. The van der Waals surface area contributed by atoms with Crippen LogP contribution in [-0.4, -0.2) is 26.0 Å². The van der Waals surface area contributed by atoms with Gasteiger partial charge in [0.1, 0.15) is 6.54 Å². The van der Waals surface area contributed by atoms with Crippen LogP contribution < -0.4 is 4.31 Å². The van der Waals surface area contributed by atoms with Crippen LogP contribution >= 0.6 is 23.2 Å². The van der Waals surface area contributed by atoms with E-state index in [4.69, 9.17) is 23.2 Å². The zero-order valence-corrected chi connectivity index (χ0v) is 15.6. The number of carboxylic acids is 1. The molecule has 3 aromatic carbocycles. The zero-order chi connectivity index (χ0) is 18.9. The molecule has 26 heavy (non-hydrogen) atoms. The Kier molecular flexibility index (Phi) is 5.09. The number of carboxylic acid groups (broad SMARTS) is 1. The minimum Gasteiger partial charge on any atom is -0.480 e. The predicted octanol–water partition coefficient (Wildman–Crippen LogP) is 4.43. The number of hydrogen-bond acceptors (Lipinski definition) is 3. The molecule has 0 heterocycles. The lowest BCUT2D eigenvalue weighted by Crippen LogP contribution is -2.36. The third kappa shape index (κ3) is 3.49. The molecule has 0 fully saturated rings. The van der Waals surface area contributed by atoms with Gasteiger partial charge in [0.15, 0.2) is 0 Å². The molecule has 0 amide bonds. The van der Waals surface area contributed by atoms with Crippen LogP contribution in [0.4, 0.5) is 5.69 Å². The van der Waals surface area contributed by atoms with Crippen LogP contribution in [0.3, 0.4) is 0 Å². The highest BCUT2D eigenvalue weighted by atomic mass is 35.5. The topological polar surface area (TPSA) is 74.7 Å². The molecule has 1 N–H and O–H groups in total. The van der Waals surface area contributed by atoms with E-state index in [9.17, 15) is 18.3 Å². The Morgan fingerprint density at radius 1 is 0.962 bits per heavy atom. The van der Waals surface area contributed by atoms with Gasteiger partial charge in [0.05, 0.1) is 20.6 Å². The van der Waals surface area contributed by atoms with E-state index in [1.54, 1.807) is 18.2 Å². The SMILES string of the molecule is O=C(O)CN(c1cccc(Cl)c1Cl)S(=O)(=O)c1ccc2ccccc2c1. The van der Waals surface area contributed by atoms with Crippen LogP contribution in [0.1, 0.15) is 0 Å². The Labute approximate surface area is 160 Å². The molecule has 8 heteroatoms. The Hall–Kier alpha value is -2.28. The van der Waals surface area contributed by atoms with Crippen molar-refractivity contribution in [2.24, 2.45) is 0 Å². The second kappa shape index (κ2) is 7.15. The number of nitrogens with zero attached hydrogens (tertiary/aromatic N) is 1. The van der Waals surface area contributed by atoms with Gasteiger partial charge in [-0.3, -0.25) is 9.10 Å². The maximum absolute atomic E-state index is 13.1. The first-order chi connectivity index (χ1) is 12.3. The maximum atomic E-state index is 13.1. The Bertz CT molecular complexity index is 1100. The largest absolute Gasteiger partial charge is 0.480 e. The summed E-state index contributed by atoms with van der Waals surface area (Å²) in [6.07, 6.45) is 0. The summed E-state index contributed by atoms with van der Waals surface area (Å²) in [5, 5.41) is 10.9. The Balaban J connectivity index is 2.17. The summed E-state index contributed by atoms with van der Waals surface area (Å²) in [6.45, 7) is -0.783. The van der Waals surface area contributed by atoms with Crippen molar-refractivity contribution in [1.82, 2.24) is 0 Å². The van der Waals surface area contributed by atoms with Gasteiger partial charge in [0.2, 0.25) is 0 Å². The third-order valence-electron chi connectivity index (χ3n) is 3.79. The van der Waals surface area contributed by atoms with Crippen LogP contribution in [0, 0.1) is 0 Å². The molecule has 3 rings (SSSR count).